The summed E-state index contributed by atoms with van der Waals surface area (Å²) in [5, 5.41) is 3.09. The third-order valence-corrected chi connectivity index (χ3v) is 5.67. The summed E-state index contributed by atoms with van der Waals surface area (Å²) >= 11 is 0. The first-order chi connectivity index (χ1) is 9.93. The molecule has 2 heterocycles. The molecule has 1 saturated heterocycles. The van der Waals surface area contributed by atoms with E-state index >= 15 is 0 Å². The molecule has 0 unspecified atom stereocenters. The maximum atomic E-state index is 12.5. The lowest BCUT2D eigenvalue weighted by atomic mass is 10.1. The second-order valence-electron chi connectivity index (χ2n) is 5.03. The lowest BCUT2D eigenvalue weighted by Gasteiger charge is -2.26. The van der Waals surface area contributed by atoms with Crippen LogP contribution in [0, 0.1) is 0 Å². The molecule has 7 nitrogen and oxygen atoms in total. The third-order valence-electron chi connectivity index (χ3n) is 3.77. The first kappa shape index (κ1) is 14.2. The molecule has 1 aromatic rings. The van der Waals surface area contributed by atoms with Crippen LogP contribution in [0.25, 0.3) is 0 Å². The zero-order valence-corrected chi connectivity index (χ0v) is 12.3. The van der Waals surface area contributed by atoms with Crippen LogP contribution in [-0.2, 0) is 10.0 Å². The fraction of sp³-hybridized carbons (Fsp3) is 0.385. The van der Waals surface area contributed by atoms with Crippen LogP contribution in [0.4, 0.5) is 0 Å². The smallest absolute Gasteiger partial charge is 0.261 e. The first-order valence-corrected chi connectivity index (χ1v) is 8.04. The van der Waals surface area contributed by atoms with Gasteiger partial charge in [-0.05, 0) is 18.2 Å². The maximum absolute atomic E-state index is 12.5. The summed E-state index contributed by atoms with van der Waals surface area (Å²) in [6, 6.07) is 4.10. The summed E-state index contributed by atoms with van der Waals surface area (Å²) in [5.41, 5.74) is 0.403. The number of hydrogen-bond acceptors (Lipinski definition) is 5. The van der Waals surface area contributed by atoms with Gasteiger partial charge in [0.25, 0.3) is 11.8 Å². The molecule has 0 bridgehead atoms. The van der Waals surface area contributed by atoms with E-state index in [0.717, 1.165) is 4.90 Å². The minimum Gasteiger partial charge on any atom is -0.314 e. The van der Waals surface area contributed by atoms with Crippen molar-refractivity contribution in [2.75, 3.05) is 33.2 Å². The average molecular weight is 309 g/mol. The van der Waals surface area contributed by atoms with Crippen molar-refractivity contribution in [1.29, 1.82) is 0 Å². The summed E-state index contributed by atoms with van der Waals surface area (Å²) in [6.07, 6.45) is 0. The Labute approximate surface area is 122 Å². The zero-order chi connectivity index (χ0) is 15.2. The second-order valence-corrected chi connectivity index (χ2v) is 6.97. The Morgan fingerprint density at radius 2 is 1.67 bits per heavy atom. The van der Waals surface area contributed by atoms with Crippen LogP contribution < -0.4 is 5.32 Å². The van der Waals surface area contributed by atoms with E-state index in [-0.39, 0.29) is 16.0 Å². The van der Waals surface area contributed by atoms with Crippen LogP contribution in [-0.4, -0.2) is 62.7 Å². The number of carbonyl (C=O) groups is 2. The molecule has 21 heavy (non-hydrogen) atoms. The third kappa shape index (κ3) is 2.15. The SMILES string of the molecule is CN1C(=O)c2ccc(S(=O)(=O)N3CCNCC3)cc2C1=O. The van der Waals surface area contributed by atoms with Crippen molar-refractivity contribution < 1.29 is 18.0 Å². The lowest BCUT2D eigenvalue weighted by Crippen LogP contribution is -2.46. The molecule has 0 aliphatic carbocycles. The van der Waals surface area contributed by atoms with Crippen molar-refractivity contribution in [3.63, 3.8) is 0 Å². The Morgan fingerprint density at radius 1 is 1.05 bits per heavy atom. The summed E-state index contributed by atoms with van der Waals surface area (Å²) in [5.74, 6) is -0.867. The number of sulfonamides is 1. The molecule has 0 radical (unpaired) electrons. The standard InChI is InChI=1S/C13H15N3O4S/c1-15-12(17)10-3-2-9(8-11(10)13(15)18)21(19,20)16-6-4-14-5-7-16/h2-3,8,14H,4-7H2,1H3. The molecule has 2 amide bonds. The highest BCUT2D eigenvalue weighted by Gasteiger charge is 2.35. The van der Waals surface area contributed by atoms with Crippen molar-refractivity contribution in [3.05, 3.63) is 29.3 Å². The lowest BCUT2D eigenvalue weighted by molar-refractivity contribution is 0.0693. The molecule has 2 aliphatic rings. The fourth-order valence-corrected chi connectivity index (χ4v) is 4.00. The van der Waals surface area contributed by atoms with Crippen LogP contribution in [0.1, 0.15) is 20.7 Å². The van der Waals surface area contributed by atoms with Crippen molar-refractivity contribution in [1.82, 2.24) is 14.5 Å². The second kappa shape index (κ2) is 4.90. The maximum Gasteiger partial charge on any atom is 0.261 e. The normalized spacial score (nSPS) is 20.0. The zero-order valence-electron chi connectivity index (χ0n) is 11.5. The predicted octanol–water partition coefficient (Wildman–Crippen LogP) is -0.494. The van der Waals surface area contributed by atoms with Gasteiger partial charge in [0, 0.05) is 33.2 Å². The van der Waals surface area contributed by atoms with Gasteiger partial charge in [0.1, 0.15) is 0 Å². The van der Waals surface area contributed by atoms with Crippen LogP contribution in [0.3, 0.4) is 0 Å². The van der Waals surface area contributed by atoms with Crippen molar-refractivity contribution >= 4 is 21.8 Å². The van der Waals surface area contributed by atoms with E-state index in [9.17, 15) is 18.0 Å². The average Bonchev–Trinajstić information content (AvgIpc) is 2.72. The van der Waals surface area contributed by atoms with Gasteiger partial charge >= 0.3 is 0 Å². The molecule has 0 saturated carbocycles. The largest absolute Gasteiger partial charge is 0.314 e. The molecule has 0 aromatic heterocycles. The first-order valence-electron chi connectivity index (χ1n) is 6.60. The minimum atomic E-state index is -3.63. The molecule has 1 fully saturated rings. The summed E-state index contributed by atoms with van der Waals surface area (Å²) in [6.45, 7) is 1.99. The molecule has 0 spiro atoms. The van der Waals surface area contributed by atoms with Crippen LogP contribution >= 0.6 is 0 Å². The molecule has 112 valence electrons. The Bertz CT molecular complexity index is 723. The van der Waals surface area contributed by atoms with Gasteiger partial charge in [-0.3, -0.25) is 14.5 Å². The summed E-state index contributed by atoms with van der Waals surface area (Å²) in [4.78, 5) is 24.8. The minimum absolute atomic E-state index is 0.0552. The quantitative estimate of drug-likeness (QED) is 0.745. The highest BCUT2D eigenvalue weighted by molar-refractivity contribution is 7.89. The van der Waals surface area contributed by atoms with Crippen molar-refractivity contribution in [2.45, 2.75) is 4.90 Å². The fourth-order valence-electron chi connectivity index (χ4n) is 2.53. The van der Waals surface area contributed by atoms with Gasteiger partial charge in [0.15, 0.2) is 0 Å². The number of nitrogens with zero attached hydrogens (tertiary/aromatic N) is 2. The van der Waals surface area contributed by atoms with E-state index in [1.54, 1.807) is 0 Å². The number of hydrogen-bond donors (Lipinski definition) is 1. The van der Waals surface area contributed by atoms with Crippen LogP contribution in [0.15, 0.2) is 23.1 Å². The molecular formula is C13H15N3O4S. The van der Waals surface area contributed by atoms with Gasteiger partial charge in [-0.15, -0.1) is 0 Å². The molecule has 1 aromatic carbocycles. The number of carbonyl (C=O) groups excluding carboxylic acids is 2. The van der Waals surface area contributed by atoms with Gasteiger partial charge in [0.05, 0.1) is 16.0 Å². The van der Waals surface area contributed by atoms with Gasteiger partial charge in [0.2, 0.25) is 10.0 Å². The van der Waals surface area contributed by atoms with Gasteiger partial charge in [-0.25, -0.2) is 8.42 Å². The summed E-state index contributed by atoms with van der Waals surface area (Å²) < 4.78 is 26.5. The Morgan fingerprint density at radius 3 is 2.33 bits per heavy atom. The monoisotopic (exact) mass is 309 g/mol. The molecule has 0 atom stereocenters. The van der Waals surface area contributed by atoms with Crippen molar-refractivity contribution in [3.8, 4) is 0 Å². The van der Waals surface area contributed by atoms with E-state index in [1.807, 2.05) is 0 Å². The molecule has 1 N–H and O–H groups in total. The number of rotatable bonds is 2. The number of nitrogens with one attached hydrogen (secondary N) is 1. The van der Waals surface area contributed by atoms with E-state index < -0.39 is 21.8 Å². The number of fused-ring (bicyclic) bond motifs is 1. The van der Waals surface area contributed by atoms with E-state index in [0.29, 0.717) is 26.2 Å². The highest BCUT2D eigenvalue weighted by atomic mass is 32.2. The van der Waals surface area contributed by atoms with Gasteiger partial charge in [-0.2, -0.15) is 4.31 Å². The number of amides is 2. The van der Waals surface area contributed by atoms with E-state index in [1.165, 1.54) is 29.6 Å². The number of imide groups is 1. The Hall–Kier alpha value is -1.77. The Balaban J connectivity index is 2.02. The van der Waals surface area contributed by atoms with Crippen LogP contribution in [0.5, 0.6) is 0 Å². The van der Waals surface area contributed by atoms with E-state index in [2.05, 4.69) is 5.32 Å². The van der Waals surface area contributed by atoms with Crippen LogP contribution in [0.2, 0.25) is 0 Å². The van der Waals surface area contributed by atoms with Crippen molar-refractivity contribution in [2.24, 2.45) is 0 Å². The van der Waals surface area contributed by atoms with E-state index in [4.69, 9.17) is 0 Å². The molecular weight excluding hydrogens is 294 g/mol. The van der Waals surface area contributed by atoms with Gasteiger partial charge < -0.3 is 5.32 Å². The molecule has 2 aliphatic heterocycles. The predicted molar refractivity (Wildman–Crippen MR) is 74.5 cm³/mol. The number of piperazine rings is 1. The Kier molecular flexibility index (Phi) is 3.31. The van der Waals surface area contributed by atoms with Gasteiger partial charge in [-0.1, -0.05) is 0 Å². The topological polar surface area (TPSA) is 86.8 Å². The summed E-state index contributed by atoms with van der Waals surface area (Å²) in [7, 11) is -2.25. The number of benzene rings is 1. The molecule has 3 rings (SSSR count). The molecule has 8 heteroatoms. The highest BCUT2D eigenvalue weighted by Crippen LogP contribution is 2.26.